The Hall–Kier alpha value is -3.77. The second-order valence-corrected chi connectivity index (χ2v) is 7.86. The first-order valence-corrected chi connectivity index (χ1v) is 10.5. The molecule has 0 fully saturated rings. The van der Waals surface area contributed by atoms with Crippen molar-refractivity contribution in [2.24, 2.45) is 0 Å². The number of hydrogen-bond donors (Lipinski definition) is 1. The van der Waals surface area contributed by atoms with Gasteiger partial charge in [-0.1, -0.05) is 54.1 Å². The number of rotatable bonds is 5. The van der Waals surface area contributed by atoms with Crippen molar-refractivity contribution in [3.05, 3.63) is 94.6 Å². The Morgan fingerprint density at radius 3 is 2.31 bits per heavy atom. The van der Waals surface area contributed by atoms with Crippen LogP contribution in [-0.2, 0) is 16.1 Å². The Kier molecular flexibility index (Phi) is 5.29. The molecule has 1 N–H and O–H groups in total. The molecule has 0 atom stereocenters. The quantitative estimate of drug-likeness (QED) is 0.584. The molecule has 0 bridgehead atoms. The fourth-order valence-electron chi connectivity index (χ4n) is 3.75. The van der Waals surface area contributed by atoms with Crippen LogP contribution in [0.1, 0.15) is 11.1 Å². The number of benzene rings is 3. The van der Waals surface area contributed by atoms with Crippen LogP contribution >= 0.6 is 11.6 Å². The average molecular weight is 447 g/mol. The normalized spacial score (nSPS) is 15.3. The maximum atomic E-state index is 13.4. The number of amides is 2. The Morgan fingerprint density at radius 1 is 0.844 bits per heavy atom. The third kappa shape index (κ3) is 3.81. The SMILES string of the molecule is O=C1C(Nc2ccc3c(c2)OCCO3)=C(c2ccc(Cl)cc2)C(=O)N1Cc1ccccc1. The number of imide groups is 1. The predicted molar refractivity (Wildman–Crippen MR) is 121 cm³/mol. The Morgan fingerprint density at radius 2 is 1.56 bits per heavy atom. The Balaban J connectivity index is 1.52. The van der Waals surface area contributed by atoms with Crippen LogP contribution in [0, 0.1) is 0 Å². The molecule has 0 aliphatic carbocycles. The lowest BCUT2D eigenvalue weighted by Crippen LogP contribution is -2.32. The van der Waals surface area contributed by atoms with E-state index >= 15 is 0 Å². The minimum Gasteiger partial charge on any atom is -0.486 e. The molecule has 32 heavy (non-hydrogen) atoms. The summed E-state index contributed by atoms with van der Waals surface area (Å²) in [6.07, 6.45) is 0. The van der Waals surface area contributed by atoms with Gasteiger partial charge in [0.05, 0.1) is 12.1 Å². The highest BCUT2D eigenvalue weighted by atomic mass is 35.5. The lowest BCUT2D eigenvalue weighted by molar-refractivity contribution is -0.137. The predicted octanol–water partition coefficient (Wildman–Crippen LogP) is 4.50. The van der Waals surface area contributed by atoms with Crippen molar-refractivity contribution in [2.45, 2.75) is 6.54 Å². The van der Waals surface area contributed by atoms with E-state index in [9.17, 15) is 9.59 Å². The van der Waals surface area contributed by atoms with Gasteiger partial charge in [-0.15, -0.1) is 0 Å². The summed E-state index contributed by atoms with van der Waals surface area (Å²) in [6, 6.07) is 21.6. The summed E-state index contributed by atoms with van der Waals surface area (Å²) in [5.74, 6) is 0.487. The molecule has 0 radical (unpaired) electrons. The van der Waals surface area contributed by atoms with Gasteiger partial charge >= 0.3 is 0 Å². The van der Waals surface area contributed by atoms with Crippen molar-refractivity contribution in [3.8, 4) is 11.5 Å². The minimum absolute atomic E-state index is 0.182. The minimum atomic E-state index is -0.390. The molecule has 2 heterocycles. The summed E-state index contributed by atoms with van der Waals surface area (Å²) in [5, 5.41) is 3.70. The van der Waals surface area contributed by atoms with Gasteiger partial charge in [0.25, 0.3) is 11.8 Å². The molecule has 7 heteroatoms. The molecule has 0 spiro atoms. The van der Waals surface area contributed by atoms with E-state index in [0.717, 1.165) is 5.56 Å². The van der Waals surface area contributed by atoms with Crippen LogP contribution in [-0.4, -0.2) is 29.9 Å². The smallest absolute Gasteiger partial charge is 0.278 e. The zero-order valence-electron chi connectivity index (χ0n) is 17.0. The number of hydrogen-bond acceptors (Lipinski definition) is 5. The summed E-state index contributed by atoms with van der Waals surface area (Å²) in [6.45, 7) is 1.13. The third-order valence-electron chi connectivity index (χ3n) is 5.30. The van der Waals surface area contributed by atoms with Gasteiger partial charge < -0.3 is 14.8 Å². The monoisotopic (exact) mass is 446 g/mol. The third-order valence-corrected chi connectivity index (χ3v) is 5.55. The lowest BCUT2D eigenvalue weighted by atomic mass is 10.0. The highest BCUT2D eigenvalue weighted by molar-refractivity contribution is 6.36. The van der Waals surface area contributed by atoms with Gasteiger partial charge in [-0.05, 0) is 35.4 Å². The summed E-state index contributed by atoms with van der Waals surface area (Å²) in [5.41, 5.74) is 2.62. The van der Waals surface area contributed by atoms with E-state index in [1.807, 2.05) is 30.3 Å². The van der Waals surface area contributed by atoms with Gasteiger partial charge in [0.2, 0.25) is 0 Å². The summed E-state index contributed by atoms with van der Waals surface area (Å²) in [4.78, 5) is 28.0. The fraction of sp³-hybridized carbons (Fsp3) is 0.120. The number of halogens is 1. The Labute approximate surface area is 190 Å². The van der Waals surface area contributed by atoms with Crippen LogP contribution in [0.5, 0.6) is 11.5 Å². The van der Waals surface area contributed by atoms with E-state index in [4.69, 9.17) is 21.1 Å². The molecular formula is C25H19ClN2O4. The van der Waals surface area contributed by atoms with Crippen LogP contribution < -0.4 is 14.8 Å². The standard InChI is InChI=1S/C25H19ClN2O4/c26-18-8-6-17(7-9-18)22-23(27-19-10-11-20-21(14-19)32-13-12-31-20)25(30)28(24(22)29)15-16-4-2-1-3-5-16/h1-11,14,27H,12-13,15H2. The van der Waals surface area contributed by atoms with Gasteiger partial charge in [0, 0.05) is 16.8 Å². The highest BCUT2D eigenvalue weighted by Gasteiger charge is 2.39. The molecule has 3 aromatic carbocycles. The van der Waals surface area contributed by atoms with Gasteiger partial charge in [-0.3, -0.25) is 14.5 Å². The second-order valence-electron chi connectivity index (χ2n) is 7.42. The van der Waals surface area contributed by atoms with Crippen molar-refractivity contribution < 1.29 is 19.1 Å². The summed E-state index contributed by atoms with van der Waals surface area (Å²) >= 11 is 6.03. The van der Waals surface area contributed by atoms with E-state index in [-0.39, 0.29) is 18.1 Å². The lowest BCUT2D eigenvalue weighted by Gasteiger charge is -2.19. The maximum absolute atomic E-state index is 13.4. The van der Waals surface area contributed by atoms with Crippen LogP contribution in [0.4, 0.5) is 5.69 Å². The van der Waals surface area contributed by atoms with Crippen molar-refractivity contribution in [1.29, 1.82) is 0 Å². The number of anilines is 1. The molecule has 2 aliphatic heterocycles. The van der Waals surface area contributed by atoms with Gasteiger partial charge in [-0.25, -0.2) is 0 Å². The van der Waals surface area contributed by atoms with Crippen molar-refractivity contribution in [1.82, 2.24) is 4.90 Å². The van der Waals surface area contributed by atoms with Gasteiger partial charge in [0.15, 0.2) is 11.5 Å². The molecule has 160 valence electrons. The maximum Gasteiger partial charge on any atom is 0.278 e. The molecular weight excluding hydrogens is 428 g/mol. The second kappa shape index (κ2) is 8.40. The number of fused-ring (bicyclic) bond motifs is 1. The first-order chi connectivity index (χ1) is 15.6. The van der Waals surface area contributed by atoms with E-state index in [1.165, 1.54) is 4.90 Å². The summed E-state index contributed by atoms with van der Waals surface area (Å²) in [7, 11) is 0. The molecule has 6 nitrogen and oxygen atoms in total. The molecule has 0 aromatic heterocycles. The van der Waals surface area contributed by atoms with Crippen molar-refractivity contribution in [2.75, 3.05) is 18.5 Å². The van der Waals surface area contributed by atoms with Crippen molar-refractivity contribution >= 4 is 34.7 Å². The molecule has 0 saturated heterocycles. The highest BCUT2D eigenvalue weighted by Crippen LogP contribution is 2.36. The number of nitrogens with one attached hydrogen (secondary N) is 1. The number of ether oxygens (including phenoxy) is 2. The van der Waals surface area contributed by atoms with Gasteiger partial charge in [0.1, 0.15) is 18.9 Å². The largest absolute Gasteiger partial charge is 0.486 e. The topological polar surface area (TPSA) is 67.9 Å². The van der Waals surface area contributed by atoms with E-state index in [1.54, 1.807) is 42.5 Å². The van der Waals surface area contributed by atoms with Crippen molar-refractivity contribution in [3.63, 3.8) is 0 Å². The average Bonchev–Trinajstić information content (AvgIpc) is 3.04. The molecule has 2 aliphatic rings. The van der Waals surface area contributed by atoms with Crippen LogP contribution in [0.3, 0.4) is 0 Å². The Bertz CT molecular complexity index is 1220. The van der Waals surface area contributed by atoms with Crippen LogP contribution in [0.15, 0.2) is 78.5 Å². The molecule has 0 unspecified atom stereocenters. The molecule has 0 saturated carbocycles. The number of carbonyl (C=O) groups is 2. The summed E-state index contributed by atoms with van der Waals surface area (Å²) < 4.78 is 11.2. The number of nitrogens with zero attached hydrogens (tertiary/aromatic N) is 1. The first-order valence-electron chi connectivity index (χ1n) is 10.2. The molecule has 5 rings (SSSR count). The van der Waals surface area contributed by atoms with Gasteiger partial charge in [-0.2, -0.15) is 0 Å². The zero-order chi connectivity index (χ0) is 22.1. The molecule has 2 amide bonds. The van der Waals surface area contributed by atoms with E-state index in [2.05, 4.69) is 5.32 Å². The van der Waals surface area contributed by atoms with Crippen LogP contribution in [0.2, 0.25) is 5.02 Å². The van der Waals surface area contributed by atoms with E-state index in [0.29, 0.717) is 46.6 Å². The fourth-order valence-corrected chi connectivity index (χ4v) is 3.88. The van der Waals surface area contributed by atoms with E-state index < -0.39 is 5.91 Å². The van der Waals surface area contributed by atoms with Crippen LogP contribution in [0.25, 0.3) is 5.57 Å². The number of carbonyl (C=O) groups excluding carboxylic acids is 2. The molecule has 3 aromatic rings. The first kappa shape index (κ1) is 20.2. The zero-order valence-corrected chi connectivity index (χ0v) is 17.8.